The molecule has 278 valence electrons. The first-order chi connectivity index (χ1) is 29.7. The van der Waals surface area contributed by atoms with Crippen LogP contribution in [0.4, 0.5) is 0 Å². The lowest BCUT2D eigenvalue weighted by Gasteiger charge is -2.39. The van der Waals surface area contributed by atoms with Gasteiger partial charge in [0.1, 0.15) is 11.5 Å². The van der Waals surface area contributed by atoms with E-state index in [1.807, 2.05) is 6.07 Å². The van der Waals surface area contributed by atoms with Gasteiger partial charge in [0, 0.05) is 43.8 Å². The number of benzene rings is 9. The Morgan fingerprint density at radius 1 is 0.350 bits per heavy atom. The van der Waals surface area contributed by atoms with Gasteiger partial charge in [-0.1, -0.05) is 164 Å². The van der Waals surface area contributed by atoms with Crippen LogP contribution in [0.5, 0.6) is 11.5 Å². The summed E-state index contributed by atoms with van der Waals surface area (Å²) in [7, 11) is 0. The molecule has 13 rings (SSSR count). The molecule has 60 heavy (non-hydrogen) atoms. The van der Waals surface area contributed by atoms with Crippen molar-refractivity contribution >= 4 is 43.4 Å². The number of nitrogens with zero attached hydrogens (tertiary/aromatic N) is 2. The Morgan fingerprint density at radius 2 is 0.967 bits per heavy atom. The van der Waals surface area contributed by atoms with Crippen LogP contribution < -0.4 is 4.74 Å². The number of pyridine rings is 2. The molecule has 0 fully saturated rings. The van der Waals surface area contributed by atoms with Crippen molar-refractivity contribution in [3.63, 3.8) is 0 Å². The summed E-state index contributed by atoms with van der Waals surface area (Å²) in [6, 6.07) is 74.2. The first-order valence-corrected chi connectivity index (χ1v) is 20.6. The van der Waals surface area contributed by atoms with E-state index in [-0.39, 0.29) is 0 Å². The standard InChI is InChI=1S/C57H34N2O/c1-3-13-36(14-4-1)51-30-28-38-25-23-35-24-26-39(31-43(35)55(38)58-51)40-27-29-42-44-33-45-41-17-7-8-18-47(41)57(48-19-9-11-21-53(48)60-54-22-12-10-20-49(54)57)50(45)34-46(44)56(59-52(42)32-40)37-15-5-2-6-16-37/h1-34H. The number of para-hydroxylation sites is 2. The highest BCUT2D eigenvalue weighted by Crippen LogP contribution is 2.62. The average molecular weight is 763 g/mol. The number of aromatic nitrogens is 2. The third-order valence-corrected chi connectivity index (χ3v) is 12.9. The van der Waals surface area contributed by atoms with Gasteiger partial charge in [0.2, 0.25) is 0 Å². The molecule has 2 aliphatic rings. The van der Waals surface area contributed by atoms with Gasteiger partial charge in [0.05, 0.1) is 27.8 Å². The summed E-state index contributed by atoms with van der Waals surface area (Å²) in [5.41, 5.74) is 15.1. The molecule has 3 heterocycles. The van der Waals surface area contributed by atoms with Gasteiger partial charge in [-0.3, -0.25) is 0 Å². The Balaban J connectivity index is 1.06. The van der Waals surface area contributed by atoms with Gasteiger partial charge in [-0.05, 0) is 86.6 Å². The summed E-state index contributed by atoms with van der Waals surface area (Å²) in [6.45, 7) is 0. The molecule has 2 aromatic heterocycles. The zero-order valence-electron chi connectivity index (χ0n) is 32.4. The number of fused-ring (bicyclic) bond motifs is 15. The zero-order valence-corrected chi connectivity index (χ0v) is 32.4. The average Bonchev–Trinajstić information content (AvgIpc) is 3.60. The topological polar surface area (TPSA) is 35.0 Å². The van der Waals surface area contributed by atoms with Gasteiger partial charge >= 0.3 is 0 Å². The molecule has 0 N–H and O–H groups in total. The van der Waals surface area contributed by atoms with Crippen LogP contribution in [0.25, 0.3) is 88.1 Å². The molecule has 3 nitrogen and oxygen atoms in total. The van der Waals surface area contributed by atoms with Crippen molar-refractivity contribution in [3.8, 4) is 56.3 Å². The molecule has 9 aromatic carbocycles. The van der Waals surface area contributed by atoms with Crippen LogP contribution in [0.1, 0.15) is 22.3 Å². The predicted molar refractivity (Wildman–Crippen MR) is 246 cm³/mol. The zero-order chi connectivity index (χ0) is 39.4. The largest absolute Gasteiger partial charge is 0.457 e. The third-order valence-electron chi connectivity index (χ3n) is 12.9. The Morgan fingerprint density at radius 3 is 1.75 bits per heavy atom. The second-order valence-electron chi connectivity index (χ2n) is 16.0. The number of rotatable bonds is 3. The van der Waals surface area contributed by atoms with Crippen LogP contribution >= 0.6 is 0 Å². The van der Waals surface area contributed by atoms with Crippen molar-refractivity contribution in [2.45, 2.75) is 5.41 Å². The Kier molecular flexibility index (Phi) is 6.93. The molecule has 0 bridgehead atoms. The first-order valence-electron chi connectivity index (χ1n) is 20.6. The maximum Gasteiger partial charge on any atom is 0.132 e. The van der Waals surface area contributed by atoms with Crippen molar-refractivity contribution in [3.05, 3.63) is 229 Å². The van der Waals surface area contributed by atoms with Gasteiger partial charge in [0.15, 0.2) is 0 Å². The Bertz CT molecular complexity index is 3530. The van der Waals surface area contributed by atoms with Crippen molar-refractivity contribution in [1.29, 1.82) is 0 Å². The molecular formula is C57H34N2O. The molecule has 0 amide bonds. The fourth-order valence-electron chi connectivity index (χ4n) is 10.2. The minimum absolute atomic E-state index is 0.560. The summed E-state index contributed by atoms with van der Waals surface area (Å²) in [6.07, 6.45) is 0. The number of hydrogen-bond acceptors (Lipinski definition) is 3. The third kappa shape index (κ3) is 4.66. The maximum atomic E-state index is 6.63. The van der Waals surface area contributed by atoms with Gasteiger partial charge in [-0.2, -0.15) is 0 Å². The molecule has 1 spiro atoms. The predicted octanol–water partition coefficient (Wildman–Crippen LogP) is 14.6. The van der Waals surface area contributed by atoms with Crippen molar-refractivity contribution < 1.29 is 4.74 Å². The van der Waals surface area contributed by atoms with E-state index in [0.717, 1.165) is 88.8 Å². The van der Waals surface area contributed by atoms with Crippen LogP contribution in [0.3, 0.4) is 0 Å². The van der Waals surface area contributed by atoms with Crippen LogP contribution in [-0.4, -0.2) is 9.97 Å². The highest BCUT2D eigenvalue weighted by Gasteiger charge is 2.51. The van der Waals surface area contributed by atoms with E-state index in [1.165, 1.54) is 33.0 Å². The molecule has 0 atom stereocenters. The second-order valence-corrected chi connectivity index (χ2v) is 16.0. The van der Waals surface area contributed by atoms with Crippen molar-refractivity contribution in [2.75, 3.05) is 0 Å². The molecule has 0 radical (unpaired) electrons. The van der Waals surface area contributed by atoms with E-state index in [9.17, 15) is 0 Å². The van der Waals surface area contributed by atoms with Gasteiger partial charge in [-0.15, -0.1) is 0 Å². The quantitative estimate of drug-likeness (QED) is 0.168. The normalized spacial score (nSPS) is 13.3. The van der Waals surface area contributed by atoms with E-state index in [4.69, 9.17) is 14.7 Å². The Labute approximate surface area is 346 Å². The molecule has 11 aromatic rings. The molecule has 0 saturated heterocycles. The molecule has 0 unspecified atom stereocenters. The lowest BCUT2D eigenvalue weighted by atomic mass is 9.66. The fourth-order valence-corrected chi connectivity index (χ4v) is 10.2. The first kappa shape index (κ1) is 33.1. The fraction of sp³-hybridized carbons (Fsp3) is 0.0175. The van der Waals surface area contributed by atoms with Crippen LogP contribution in [0, 0.1) is 0 Å². The summed E-state index contributed by atoms with van der Waals surface area (Å²) in [5, 5.41) is 6.88. The van der Waals surface area contributed by atoms with E-state index in [0.29, 0.717) is 0 Å². The Hall–Kier alpha value is -7.88. The van der Waals surface area contributed by atoms with E-state index in [2.05, 4.69) is 200 Å². The van der Waals surface area contributed by atoms with Gasteiger partial charge < -0.3 is 4.74 Å². The van der Waals surface area contributed by atoms with Gasteiger partial charge in [-0.25, -0.2) is 9.97 Å². The molecular weight excluding hydrogens is 729 g/mol. The van der Waals surface area contributed by atoms with Gasteiger partial charge in [0.25, 0.3) is 0 Å². The highest BCUT2D eigenvalue weighted by molar-refractivity contribution is 6.14. The summed E-state index contributed by atoms with van der Waals surface area (Å²) >= 11 is 0. The van der Waals surface area contributed by atoms with Crippen LogP contribution in [0.15, 0.2) is 206 Å². The maximum absolute atomic E-state index is 6.63. The minimum atomic E-state index is -0.560. The summed E-state index contributed by atoms with van der Waals surface area (Å²) in [5.74, 6) is 1.78. The van der Waals surface area contributed by atoms with E-state index >= 15 is 0 Å². The monoisotopic (exact) mass is 762 g/mol. The summed E-state index contributed by atoms with van der Waals surface area (Å²) < 4.78 is 6.63. The molecule has 1 aliphatic carbocycles. The number of hydrogen-bond donors (Lipinski definition) is 0. The number of ether oxygens (including phenoxy) is 1. The molecule has 3 heteroatoms. The smallest absolute Gasteiger partial charge is 0.132 e. The van der Waals surface area contributed by atoms with E-state index < -0.39 is 5.41 Å². The van der Waals surface area contributed by atoms with Crippen LogP contribution in [0.2, 0.25) is 0 Å². The minimum Gasteiger partial charge on any atom is -0.457 e. The molecule has 0 saturated carbocycles. The van der Waals surface area contributed by atoms with E-state index in [1.54, 1.807) is 0 Å². The SMILES string of the molecule is c1ccc(-c2ccc3ccc4ccc(-c5ccc6c(c5)nc(-c5ccccc5)c5cc7c(cc56)-c5ccccc5C75c6ccccc6Oc6ccccc65)cc4c3n2)cc1. The second kappa shape index (κ2) is 12.6. The lowest BCUT2D eigenvalue weighted by Crippen LogP contribution is -2.32. The van der Waals surface area contributed by atoms with Crippen molar-refractivity contribution in [2.24, 2.45) is 0 Å². The lowest BCUT2D eigenvalue weighted by molar-refractivity contribution is 0.436. The van der Waals surface area contributed by atoms with Crippen LogP contribution in [-0.2, 0) is 5.41 Å². The summed E-state index contributed by atoms with van der Waals surface area (Å²) in [4.78, 5) is 10.8. The highest BCUT2D eigenvalue weighted by atomic mass is 16.5. The molecule has 1 aliphatic heterocycles. The van der Waals surface area contributed by atoms with Crippen molar-refractivity contribution in [1.82, 2.24) is 9.97 Å².